The fraction of sp³-hybridized carbons (Fsp3) is 0.294. The van der Waals surface area contributed by atoms with Gasteiger partial charge in [-0.3, -0.25) is 4.98 Å². The third-order valence-electron chi connectivity index (χ3n) is 4.58. The van der Waals surface area contributed by atoms with Crippen LogP contribution in [0, 0.1) is 0 Å². The lowest BCUT2D eigenvalue weighted by atomic mass is 10.0. The van der Waals surface area contributed by atoms with Crippen LogP contribution in [0.15, 0.2) is 30.6 Å². The van der Waals surface area contributed by atoms with Gasteiger partial charge in [0, 0.05) is 23.4 Å². The number of carbonyl (C=O) groups is 1. The van der Waals surface area contributed by atoms with Crippen molar-refractivity contribution >= 4 is 34.7 Å². The standard InChI is InChI=1S/C17H14ClF3N6O/c1-16(3-4-16)14-10(8-23-13-7-12(18)26-27(13)14)25-15(28)24-9-2-5-22-11(6-9)17(19,20)21/h2,5-8H,3-4H2,1H3,(H2,22,24,25,28). The zero-order valence-electron chi connectivity index (χ0n) is 14.5. The van der Waals surface area contributed by atoms with E-state index in [0.29, 0.717) is 11.3 Å². The second-order valence-corrected chi connectivity index (χ2v) is 7.21. The maximum Gasteiger partial charge on any atom is 0.433 e. The number of anilines is 2. The molecule has 2 N–H and O–H groups in total. The SMILES string of the molecule is CC1(c2c(NC(=O)Nc3ccnc(C(F)(F)F)c3)cnc3cc(Cl)nn23)CC1. The van der Waals surface area contributed by atoms with E-state index < -0.39 is 17.9 Å². The first-order valence-corrected chi connectivity index (χ1v) is 8.69. The van der Waals surface area contributed by atoms with Crippen molar-refractivity contribution < 1.29 is 18.0 Å². The summed E-state index contributed by atoms with van der Waals surface area (Å²) in [4.78, 5) is 19.9. The van der Waals surface area contributed by atoms with Crippen molar-refractivity contribution in [1.29, 1.82) is 0 Å². The van der Waals surface area contributed by atoms with E-state index in [2.05, 4.69) is 25.7 Å². The van der Waals surface area contributed by atoms with Crippen LogP contribution in [0.4, 0.5) is 29.3 Å². The summed E-state index contributed by atoms with van der Waals surface area (Å²) < 4.78 is 39.9. The molecular weight excluding hydrogens is 397 g/mol. The molecule has 0 radical (unpaired) electrons. The van der Waals surface area contributed by atoms with E-state index in [1.807, 2.05) is 6.92 Å². The smallest absolute Gasteiger partial charge is 0.308 e. The van der Waals surface area contributed by atoms with Gasteiger partial charge < -0.3 is 10.6 Å². The Labute approximate surface area is 161 Å². The van der Waals surface area contributed by atoms with Gasteiger partial charge in [-0.05, 0) is 25.0 Å². The van der Waals surface area contributed by atoms with Gasteiger partial charge in [-0.1, -0.05) is 18.5 Å². The molecule has 0 saturated heterocycles. The summed E-state index contributed by atoms with van der Waals surface area (Å²) in [6, 6.07) is 2.93. The molecule has 0 spiro atoms. The molecule has 3 heterocycles. The van der Waals surface area contributed by atoms with Gasteiger partial charge in [0.2, 0.25) is 0 Å². The van der Waals surface area contributed by atoms with E-state index in [-0.39, 0.29) is 16.3 Å². The maximum atomic E-state index is 12.8. The van der Waals surface area contributed by atoms with Gasteiger partial charge in [0.15, 0.2) is 10.8 Å². The van der Waals surface area contributed by atoms with Crippen molar-refractivity contribution in [2.45, 2.75) is 31.4 Å². The van der Waals surface area contributed by atoms with Crippen molar-refractivity contribution in [3.05, 3.63) is 47.1 Å². The van der Waals surface area contributed by atoms with Crippen LogP contribution in [0.1, 0.15) is 31.2 Å². The topological polar surface area (TPSA) is 84.2 Å². The average Bonchev–Trinajstić information content (AvgIpc) is 3.22. The molecule has 1 fully saturated rings. The van der Waals surface area contributed by atoms with E-state index >= 15 is 0 Å². The highest BCUT2D eigenvalue weighted by atomic mass is 35.5. The Kier molecular flexibility index (Phi) is 4.18. The molecule has 4 rings (SSSR count). The highest BCUT2D eigenvalue weighted by Crippen LogP contribution is 2.50. The molecule has 3 aromatic heterocycles. The molecule has 2 amide bonds. The first kappa shape index (κ1) is 18.5. The molecule has 28 heavy (non-hydrogen) atoms. The predicted octanol–water partition coefficient (Wildman–Crippen LogP) is 4.49. The van der Waals surface area contributed by atoms with Gasteiger partial charge in [-0.2, -0.15) is 18.3 Å². The first-order chi connectivity index (χ1) is 13.2. The number of aromatic nitrogens is 4. The molecule has 1 saturated carbocycles. The zero-order valence-corrected chi connectivity index (χ0v) is 15.3. The number of hydrogen-bond acceptors (Lipinski definition) is 4. The number of alkyl halides is 3. The number of pyridine rings is 1. The number of fused-ring (bicyclic) bond motifs is 1. The molecule has 0 aromatic carbocycles. The number of hydrogen-bond donors (Lipinski definition) is 2. The van der Waals surface area contributed by atoms with E-state index in [9.17, 15) is 18.0 Å². The monoisotopic (exact) mass is 410 g/mol. The Morgan fingerprint density at radius 2 is 2.00 bits per heavy atom. The minimum Gasteiger partial charge on any atom is -0.308 e. The quantitative estimate of drug-likeness (QED) is 0.666. The normalized spacial score (nSPS) is 15.5. The highest BCUT2D eigenvalue weighted by Gasteiger charge is 2.43. The number of nitrogens with zero attached hydrogens (tertiary/aromatic N) is 4. The molecule has 3 aromatic rings. The van der Waals surface area contributed by atoms with Crippen LogP contribution < -0.4 is 10.6 Å². The number of amides is 2. The van der Waals surface area contributed by atoms with Crippen LogP contribution in [0.5, 0.6) is 0 Å². The summed E-state index contributed by atoms with van der Waals surface area (Å²) in [7, 11) is 0. The molecule has 0 bridgehead atoms. The van der Waals surface area contributed by atoms with Crippen LogP contribution in [-0.4, -0.2) is 25.6 Å². The van der Waals surface area contributed by atoms with Gasteiger partial charge in [0.1, 0.15) is 5.69 Å². The lowest BCUT2D eigenvalue weighted by molar-refractivity contribution is -0.141. The molecule has 0 unspecified atom stereocenters. The maximum absolute atomic E-state index is 12.8. The molecule has 11 heteroatoms. The fourth-order valence-electron chi connectivity index (χ4n) is 2.95. The van der Waals surface area contributed by atoms with Crippen LogP contribution >= 0.6 is 11.6 Å². The number of halogens is 4. The number of nitrogens with one attached hydrogen (secondary N) is 2. The van der Waals surface area contributed by atoms with E-state index in [1.165, 1.54) is 12.3 Å². The molecule has 0 atom stereocenters. The Morgan fingerprint density at radius 3 is 2.68 bits per heavy atom. The van der Waals surface area contributed by atoms with Crippen molar-refractivity contribution in [2.75, 3.05) is 10.6 Å². The van der Waals surface area contributed by atoms with Gasteiger partial charge in [-0.25, -0.2) is 14.3 Å². The third kappa shape index (κ3) is 3.47. The third-order valence-corrected chi connectivity index (χ3v) is 4.77. The van der Waals surface area contributed by atoms with Gasteiger partial charge >= 0.3 is 12.2 Å². The van der Waals surface area contributed by atoms with Crippen molar-refractivity contribution in [1.82, 2.24) is 19.6 Å². The van der Waals surface area contributed by atoms with Crippen LogP contribution in [0.25, 0.3) is 5.65 Å². The Bertz CT molecular complexity index is 1080. The Balaban J connectivity index is 1.61. The summed E-state index contributed by atoms with van der Waals surface area (Å²) in [5.41, 5.74) is 0.378. The summed E-state index contributed by atoms with van der Waals surface area (Å²) in [6.07, 6.45) is -0.331. The van der Waals surface area contributed by atoms with Gasteiger partial charge in [0.25, 0.3) is 0 Å². The molecular formula is C17H14ClF3N6O. The van der Waals surface area contributed by atoms with E-state index in [1.54, 1.807) is 10.6 Å². The molecule has 7 nitrogen and oxygen atoms in total. The van der Waals surface area contributed by atoms with Crippen LogP contribution in [0.2, 0.25) is 5.15 Å². The van der Waals surface area contributed by atoms with Gasteiger partial charge in [0.05, 0.1) is 17.6 Å². The minimum absolute atomic E-state index is 0.0322. The number of urea groups is 1. The second-order valence-electron chi connectivity index (χ2n) is 6.82. The average molecular weight is 411 g/mol. The lowest BCUT2D eigenvalue weighted by Gasteiger charge is -2.17. The molecule has 146 valence electrons. The number of carbonyl (C=O) groups excluding carboxylic acids is 1. The summed E-state index contributed by atoms with van der Waals surface area (Å²) in [6.45, 7) is 2.03. The van der Waals surface area contributed by atoms with Crippen LogP contribution in [0.3, 0.4) is 0 Å². The molecule has 0 aliphatic heterocycles. The minimum atomic E-state index is -4.60. The Hall–Kier alpha value is -2.88. The summed E-state index contributed by atoms with van der Waals surface area (Å²) in [5.74, 6) is 0. The highest BCUT2D eigenvalue weighted by molar-refractivity contribution is 6.29. The summed E-state index contributed by atoms with van der Waals surface area (Å²) >= 11 is 5.97. The van der Waals surface area contributed by atoms with E-state index in [4.69, 9.17) is 11.6 Å². The van der Waals surface area contributed by atoms with E-state index in [0.717, 1.165) is 30.8 Å². The molecule has 1 aliphatic carbocycles. The zero-order chi connectivity index (χ0) is 20.1. The van der Waals surface area contributed by atoms with Crippen molar-refractivity contribution in [2.24, 2.45) is 0 Å². The van der Waals surface area contributed by atoms with Crippen LogP contribution in [-0.2, 0) is 11.6 Å². The predicted molar refractivity (Wildman–Crippen MR) is 96.5 cm³/mol. The second kappa shape index (κ2) is 6.33. The fourth-order valence-corrected chi connectivity index (χ4v) is 3.12. The first-order valence-electron chi connectivity index (χ1n) is 8.32. The van der Waals surface area contributed by atoms with Gasteiger partial charge in [-0.15, -0.1) is 0 Å². The number of rotatable bonds is 3. The summed E-state index contributed by atoms with van der Waals surface area (Å²) in [5, 5.41) is 9.53. The van der Waals surface area contributed by atoms with Crippen molar-refractivity contribution in [3.63, 3.8) is 0 Å². The Morgan fingerprint density at radius 1 is 1.25 bits per heavy atom. The largest absolute Gasteiger partial charge is 0.433 e. The van der Waals surface area contributed by atoms with Crippen molar-refractivity contribution in [3.8, 4) is 0 Å². The lowest BCUT2D eigenvalue weighted by Crippen LogP contribution is -2.23. The molecule has 1 aliphatic rings.